The number of rotatable bonds is 2. The van der Waals surface area contributed by atoms with Crippen LogP contribution in [0.3, 0.4) is 0 Å². The number of thiophene rings is 1. The Labute approximate surface area is 159 Å². The summed E-state index contributed by atoms with van der Waals surface area (Å²) in [5.74, 6) is 1.99. The summed E-state index contributed by atoms with van der Waals surface area (Å²) in [6.45, 7) is 8.24. The maximum atomic E-state index is 13.1. The normalized spacial score (nSPS) is 19.8. The van der Waals surface area contributed by atoms with Gasteiger partial charge in [0.2, 0.25) is 0 Å². The molecule has 2 aromatic rings. The number of nitrogens with zero attached hydrogens (tertiary/aromatic N) is 4. The number of aromatic nitrogens is 2. The summed E-state index contributed by atoms with van der Waals surface area (Å²) < 4.78 is 0. The summed E-state index contributed by atoms with van der Waals surface area (Å²) in [5.41, 5.74) is 1.06. The van der Waals surface area contributed by atoms with Crippen LogP contribution in [0.2, 0.25) is 0 Å². The lowest BCUT2D eigenvalue weighted by Gasteiger charge is -2.31. The minimum Gasteiger partial charge on any atom is -0.356 e. The van der Waals surface area contributed by atoms with Crippen molar-refractivity contribution in [2.24, 2.45) is 5.92 Å². The molecule has 140 valence electrons. The summed E-state index contributed by atoms with van der Waals surface area (Å²) in [6.07, 6.45) is 8.77. The molecule has 0 aromatic carbocycles. The van der Waals surface area contributed by atoms with E-state index in [1.807, 2.05) is 4.90 Å². The number of piperidine rings is 1. The zero-order valence-corrected chi connectivity index (χ0v) is 16.6. The van der Waals surface area contributed by atoms with Crippen molar-refractivity contribution in [3.05, 3.63) is 16.8 Å². The number of carbonyl (C=O) groups is 1. The number of hydrogen-bond acceptors (Lipinski definition) is 5. The minimum absolute atomic E-state index is 0.186. The third kappa shape index (κ3) is 3.31. The van der Waals surface area contributed by atoms with Gasteiger partial charge in [0.15, 0.2) is 0 Å². The topological polar surface area (TPSA) is 49.3 Å². The van der Waals surface area contributed by atoms with Crippen LogP contribution in [0.1, 0.15) is 60.7 Å². The maximum absolute atomic E-state index is 13.1. The number of amides is 1. The van der Waals surface area contributed by atoms with E-state index in [9.17, 15) is 4.79 Å². The molecule has 26 heavy (non-hydrogen) atoms. The van der Waals surface area contributed by atoms with Crippen LogP contribution in [-0.4, -0.2) is 47.0 Å². The predicted molar refractivity (Wildman–Crippen MR) is 107 cm³/mol. The molecule has 0 aliphatic carbocycles. The van der Waals surface area contributed by atoms with E-state index in [1.165, 1.54) is 25.7 Å². The van der Waals surface area contributed by atoms with Crippen molar-refractivity contribution in [3.63, 3.8) is 0 Å². The average Bonchev–Trinajstić information content (AvgIpc) is 2.84. The molecule has 4 heterocycles. The zero-order chi connectivity index (χ0) is 18.1. The molecule has 0 saturated carbocycles. The average molecular weight is 373 g/mol. The van der Waals surface area contributed by atoms with Crippen LogP contribution in [-0.2, 0) is 0 Å². The van der Waals surface area contributed by atoms with E-state index >= 15 is 0 Å². The van der Waals surface area contributed by atoms with Gasteiger partial charge in [0, 0.05) is 26.2 Å². The smallest absolute Gasteiger partial charge is 0.264 e. The molecule has 4 rings (SSSR count). The summed E-state index contributed by atoms with van der Waals surface area (Å²) in [6, 6.07) is 0. The van der Waals surface area contributed by atoms with E-state index in [-0.39, 0.29) is 5.91 Å². The Morgan fingerprint density at radius 1 is 1.08 bits per heavy atom. The summed E-state index contributed by atoms with van der Waals surface area (Å²) in [4.78, 5) is 28.5. The van der Waals surface area contributed by atoms with Gasteiger partial charge in [0.25, 0.3) is 5.91 Å². The van der Waals surface area contributed by atoms with Crippen LogP contribution in [0.5, 0.6) is 0 Å². The molecular weight excluding hydrogens is 344 g/mol. The van der Waals surface area contributed by atoms with Crippen LogP contribution in [0.25, 0.3) is 10.2 Å². The first-order valence-electron chi connectivity index (χ1n) is 9.93. The zero-order valence-electron chi connectivity index (χ0n) is 15.8. The summed E-state index contributed by atoms with van der Waals surface area (Å²) in [5, 5.41) is 1.09. The molecule has 2 fully saturated rings. The van der Waals surface area contributed by atoms with Crippen molar-refractivity contribution < 1.29 is 4.79 Å². The van der Waals surface area contributed by atoms with E-state index in [1.54, 1.807) is 17.7 Å². The Kier molecular flexibility index (Phi) is 5.11. The van der Waals surface area contributed by atoms with Crippen molar-refractivity contribution in [1.29, 1.82) is 0 Å². The van der Waals surface area contributed by atoms with Crippen molar-refractivity contribution in [1.82, 2.24) is 14.9 Å². The molecular formula is C20H28N4OS. The number of aryl methyl sites for hydroxylation is 1. The van der Waals surface area contributed by atoms with Crippen molar-refractivity contribution in [2.75, 3.05) is 31.1 Å². The van der Waals surface area contributed by atoms with Crippen LogP contribution < -0.4 is 4.90 Å². The van der Waals surface area contributed by atoms with E-state index in [2.05, 4.69) is 28.7 Å². The molecule has 0 unspecified atom stereocenters. The molecule has 2 saturated heterocycles. The van der Waals surface area contributed by atoms with Gasteiger partial charge in [0.1, 0.15) is 17.0 Å². The third-order valence-electron chi connectivity index (χ3n) is 5.88. The molecule has 1 amide bonds. The SMILES string of the molecule is Cc1c(C(=O)N2CCCCCC2)sc2ncnc(N3CCC(C)CC3)c12. The quantitative estimate of drug-likeness (QED) is 0.791. The lowest BCUT2D eigenvalue weighted by molar-refractivity contribution is 0.0766. The Hall–Kier alpha value is -1.69. The Morgan fingerprint density at radius 3 is 2.46 bits per heavy atom. The fraction of sp³-hybridized carbons (Fsp3) is 0.650. The number of carbonyl (C=O) groups excluding carboxylic acids is 1. The summed E-state index contributed by atoms with van der Waals surface area (Å²) in [7, 11) is 0. The van der Waals surface area contributed by atoms with Crippen molar-refractivity contribution in [3.8, 4) is 0 Å². The lowest BCUT2D eigenvalue weighted by atomic mass is 9.99. The van der Waals surface area contributed by atoms with Gasteiger partial charge in [-0.1, -0.05) is 19.8 Å². The molecule has 5 nitrogen and oxygen atoms in total. The van der Waals surface area contributed by atoms with Crippen molar-refractivity contribution >= 4 is 33.3 Å². The number of anilines is 1. The summed E-state index contributed by atoms with van der Waals surface area (Å²) >= 11 is 1.54. The fourth-order valence-corrected chi connectivity index (χ4v) is 5.25. The van der Waals surface area contributed by atoms with E-state index in [0.717, 1.165) is 71.4 Å². The predicted octanol–water partition coefficient (Wildman–Crippen LogP) is 4.25. The maximum Gasteiger partial charge on any atom is 0.264 e. The number of fused-ring (bicyclic) bond motifs is 1. The minimum atomic E-state index is 0.186. The first kappa shape index (κ1) is 17.7. The second-order valence-electron chi connectivity index (χ2n) is 7.81. The second kappa shape index (κ2) is 7.51. The highest BCUT2D eigenvalue weighted by Crippen LogP contribution is 2.36. The Morgan fingerprint density at radius 2 is 1.77 bits per heavy atom. The molecule has 2 aromatic heterocycles. The fourth-order valence-electron chi connectivity index (χ4n) is 4.13. The van der Waals surface area contributed by atoms with Gasteiger partial charge in [0.05, 0.1) is 10.3 Å². The molecule has 0 spiro atoms. The number of hydrogen-bond donors (Lipinski definition) is 0. The molecule has 0 radical (unpaired) electrons. The first-order valence-corrected chi connectivity index (χ1v) is 10.7. The Balaban J connectivity index is 1.68. The van der Waals surface area contributed by atoms with Crippen LogP contribution in [0.15, 0.2) is 6.33 Å². The molecule has 0 atom stereocenters. The Bertz CT molecular complexity index is 786. The van der Waals surface area contributed by atoms with Gasteiger partial charge in [-0.2, -0.15) is 0 Å². The molecule has 0 N–H and O–H groups in total. The third-order valence-corrected chi connectivity index (χ3v) is 7.07. The van der Waals surface area contributed by atoms with E-state index in [4.69, 9.17) is 0 Å². The highest BCUT2D eigenvalue weighted by atomic mass is 32.1. The second-order valence-corrected chi connectivity index (χ2v) is 8.81. The van der Waals surface area contributed by atoms with Gasteiger partial charge in [-0.3, -0.25) is 4.79 Å². The molecule has 0 bridgehead atoms. The van der Waals surface area contributed by atoms with Gasteiger partial charge in [-0.15, -0.1) is 11.3 Å². The van der Waals surface area contributed by atoms with Crippen LogP contribution in [0.4, 0.5) is 5.82 Å². The highest BCUT2D eigenvalue weighted by Gasteiger charge is 2.26. The molecule has 2 aliphatic heterocycles. The monoisotopic (exact) mass is 372 g/mol. The van der Waals surface area contributed by atoms with Crippen molar-refractivity contribution in [2.45, 2.75) is 52.4 Å². The van der Waals surface area contributed by atoms with Gasteiger partial charge in [-0.05, 0) is 44.1 Å². The lowest BCUT2D eigenvalue weighted by Crippen LogP contribution is -2.33. The highest BCUT2D eigenvalue weighted by molar-refractivity contribution is 7.20. The number of likely N-dealkylation sites (tertiary alicyclic amines) is 1. The standard InChI is InChI=1S/C20H28N4OS/c1-14-7-11-23(12-8-14)18-16-15(2)17(26-19(16)22-13-21-18)20(25)24-9-5-3-4-6-10-24/h13-14H,3-12H2,1-2H3. The molecule has 6 heteroatoms. The van der Waals surface area contributed by atoms with E-state index < -0.39 is 0 Å². The molecule has 2 aliphatic rings. The first-order chi connectivity index (χ1) is 12.6. The largest absolute Gasteiger partial charge is 0.356 e. The van der Waals surface area contributed by atoms with Gasteiger partial charge < -0.3 is 9.80 Å². The van der Waals surface area contributed by atoms with Crippen LogP contribution in [0, 0.1) is 12.8 Å². The van der Waals surface area contributed by atoms with Crippen LogP contribution >= 0.6 is 11.3 Å². The van der Waals surface area contributed by atoms with Gasteiger partial charge >= 0.3 is 0 Å². The van der Waals surface area contributed by atoms with Gasteiger partial charge in [-0.25, -0.2) is 9.97 Å². The van der Waals surface area contributed by atoms with E-state index in [0.29, 0.717) is 0 Å².